The van der Waals surface area contributed by atoms with Crippen LogP contribution in [0.1, 0.15) is 25.2 Å². The summed E-state index contributed by atoms with van der Waals surface area (Å²) in [5.74, 6) is 0. The van der Waals surface area contributed by atoms with Crippen molar-refractivity contribution in [2.45, 2.75) is 39.4 Å². The van der Waals surface area contributed by atoms with Crippen LogP contribution in [0.25, 0.3) is 0 Å². The molecule has 0 aromatic carbocycles. The first-order valence-corrected chi connectivity index (χ1v) is 5.41. The van der Waals surface area contributed by atoms with Gasteiger partial charge in [0.2, 0.25) is 0 Å². The van der Waals surface area contributed by atoms with Crippen molar-refractivity contribution in [1.29, 1.82) is 0 Å². The molecule has 84 valence electrons. The van der Waals surface area contributed by atoms with Crippen LogP contribution in [0.15, 0.2) is 4.63 Å². The van der Waals surface area contributed by atoms with E-state index in [2.05, 4.69) is 34.4 Å². The van der Waals surface area contributed by atoms with Gasteiger partial charge in [0, 0.05) is 31.7 Å². The second-order valence-corrected chi connectivity index (χ2v) is 4.46. The summed E-state index contributed by atoms with van der Waals surface area (Å²) in [5.41, 5.74) is 1.85. The van der Waals surface area contributed by atoms with Crippen LogP contribution >= 0.6 is 0 Å². The number of aromatic nitrogens is 2. The molecule has 0 aliphatic carbocycles. The molecule has 1 aliphatic heterocycles. The van der Waals surface area contributed by atoms with Crippen LogP contribution in [0, 0.1) is 6.92 Å². The highest BCUT2D eigenvalue weighted by Crippen LogP contribution is 2.10. The van der Waals surface area contributed by atoms with E-state index in [0.29, 0.717) is 12.1 Å². The molecular weight excluding hydrogens is 192 g/mol. The van der Waals surface area contributed by atoms with Gasteiger partial charge in [0.05, 0.1) is 0 Å². The molecule has 0 saturated carbocycles. The number of hydrogen-bond acceptors (Lipinski definition) is 5. The summed E-state index contributed by atoms with van der Waals surface area (Å²) in [4.78, 5) is 2.39. The Bertz CT molecular complexity index is 315. The second kappa shape index (κ2) is 4.28. The molecule has 1 aromatic heterocycles. The largest absolute Gasteiger partial charge is 0.309 e. The normalized spacial score (nSPS) is 28.2. The van der Waals surface area contributed by atoms with Crippen molar-refractivity contribution in [2.75, 3.05) is 13.1 Å². The van der Waals surface area contributed by atoms with Gasteiger partial charge in [-0.2, -0.15) is 0 Å². The summed E-state index contributed by atoms with van der Waals surface area (Å²) >= 11 is 0. The van der Waals surface area contributed by atoms with Gasteiger partial charge >= 0.3 is 0 Å². The smallest absolute Gasteiger partial charge is 0.122 e. The lowest BCUT2D eigenvalue weighted by Gasteiger charge is -2.35. The van der Waals surface area contributed by atoms with E-state index in [1.807, 2.05) is 6.92 Å². The zero-order chi connectivity index (χ0) is 10.8. The molecule has 15 heavy (non-hydrogen) atoms. The summed E-state index contributed by atoms with van der Waals surface area (Å²) < 4.78 is 4.70. The highest BCUT2D eigenvalue weighted by Gasteiger charge is 2.22. The topological polar surface area (TPSA) is 54.2 Å². The van der Waals surface area contributed by atoms with E-state index in [9.17, 15) is 0 Å². The number of hydrogen-bond donors (Lipinski definition) is 1. The third kappa shape index (κ3) is 2.54. The monoisotopic (exact) mass is 210 g/mol. The van der Waals surface area contributed by atoms with Crippen LogP contribution in [-0.4, -0.2) is 40.4 Å². The van der Waals surface area contributed by atoms with Crippen molar-refractivity contribution in [3.63, 3.8) is 0 Å². The highest BCUT2D eigenvalue weighted by molar-refractivity contribution is 5.04. The summed E-state index contributed by atoms with van der Waals surface area (Å²) in [6, 6.07) is 1.07. The van der Waals surface area contributed by atoms with Crippen LogP contribution in [0.4, 0.5) is 0 Å². The van der Waals surface area contributed by atoms with Crippen LogP contribution < -0.4 is 5.32 Å². The molecule has 0 radical (unpaired) electrons. The Balaban J connectivity index is 1.97. The summed E-state index contributed by atoms with van der Waals surface area (Å²) in [7, 11) is 0. The molecular formula is C10H18N4O. The minimum atomic E-state index is 0.536. The molecule has 0 amide bonds. The van der Waals surface area contributed by atoms with E-state index in [-0.39, 0.29) is 0 Å². The summed E-state index contributed by atoms with van der Waals surface area (Å²) in [6.45, 7) is 9.28. The third-order valence-corrected chi connectivity index (χ3v) is 2.75. The average molecular weight is 210 g/mol. The molecule has 2 heterocycles. The van der Waals surface area contributed by atoms with Gasteiger partial charge < -0.3 is 5.32 Å². The Labute approximate surface area is 89.8 Å². The van der Waals surface area contributed by atoms with Gasteiger partial charge in [-0.15, -0.1) is 0 Å². The van der Waals surface area contributed by atoms with E-state index >= 15 is 0 Å². The number of nitrogens with zero attached hydrogens (tertiary/aromatic N) is 3. The highest BCUT2D eigenvalue weighted by atomic mass is 16.6. The molecule has 1 fully saturated rings. The molecule has 1 aliphatic rings. The molecule has 0 spiro atoms. The first kappa shape index (κ1) is 10.6. The van der Waals surface area contributed by atoms with E-state index in [4.69, 9.17) is 4.63 Å². The first-order chi connectivity index (χ1) is 7.15. The Kier molecular flexibility index (Phi) is 3.02. The summed E-state index contributed by atoms with van der Waals surface area (Å²) in [5, 5.41) is 11.2. The lowest BCUT2D eigenvalue weighted by molar-refractivity contribution is 0.162. The van der Waals surface area contributed by atoms with Gasteiger partial charge in [0.1, 0.15) is 11.4 Å². The van der Waals surface area contributed by atoms with Crippen LogP contribution in [0.3, 0.4) is 0 Å². The molecule has 2 rings (SSSR count). The van der Waals surface area contributed by atoms with Crippen LogP contribution in [-0.2, 0) is 6.54 Å². The Morgan fingerprint density at radius 3 is 2.53 bits per heavy atom. The molecule has 2 atom stereocenters. The van der Waals surface area contributed by atoms with Crippen molar-refractivity contribution < 1.29 is 4.63 Å². The number of nitrogens with one attached hydrogen (secondary N) is 1. The van der Waals surface area contributed by atoms with E-state index in [1.165, 1.54) is 0 Å². The van der Waals surface area contributed by atoms with Crippen LogP contribution in [0.5, 0.6) is 0 Å². The molecule has 1 saturated heterocycles. The molecule has 1 aromatic rings. The fraction of sp³-hybridized carbons (Fsp3) is 0.800. The van der Waals surface area contributed by atoms with Gasteiger partial charge in [0.15, 0.2) is 0 Å². The average Bonchev–Trinajstić information content (AvgIpc) is 2.50. The Hall–Kier alpha value is -0.940. The predicted molar refractivity (Wildman–Crippen MR) is 56.4 cm³/mol. The van der Waals surface area contributed by atoms with Gasteiger partial charge in [-0.25, -0.2) is 4.63 Å². The standard InChI is InChI=1S/C10H18N4O/c1-7-4-14(5-8(2)11-7)6-10-9(3)12-15-13-10/h7-8,11H,4-6H2,1-3H3. The van der Waals surface area contributed by atoms with Crippen molar-refractivity contribution in [2.24, 2.45) is 0 Å². The van der Waals surface area contributed by atoms with Crippen molar-refractivity contribution >= 4 is 0 Å². The quantitative estimate of drug-likeness (QED) is 0.773. The molecule has 5 nitrogen and oxygen atoms in total. The minimum Gasteiger partial charge on any atom is -0.309 e. The SMILES string of the molecule is Cc1nonc1CN1CC(C)NC(C)C1. The summed E-state index contributed by atoms with van der Waals surface area (Å²) in [6.07, 6.45) is 0. The Morgan fingerprint density at radius 1 is 1.33 bits per heavy atom. The molecule has 2 unspecified atom stereocenters. The van der Waals surface area contributed by atoms with Gasteiger partial charge in [0.25, 0.3) is 0 Å². The first-order valence-electron chi connectivity index (χ1n) is 5.41. The lowest BCUT2D eigenvalue weighted by Crippen LogP contribution is -2.53. The van der Waals surface area contributed by atoms with Gasteiger partial charge in [-0.05, 0) is 20.8 Å². The Morgan fingerprint density at radius 2 is 2.00 bits per heavy atom. The number of aryl methyl sites for hydroxylation is 1. The number of rotatable bonds is 2. The second-order valence-electron chi connectivity index (χ2n) is 4.46. The van der Waals surface area contributed by atoms with Crippen molar-refractivity contribution in [3.8, 4) is 0 Å². The maximum Gasteiger partial charge on any atom is 0.122 e. The van der Waals surface area contributed by atoms with Gasteiger partial charge in [-0.3, -0.25) is 4.90 Å². The lowest BCUT2D eigenvalue weighted by atomic mass is 10.1. The number of piperazine rings is 1. The predicted octanol–water partition coefficient (Wildman–Crippen LogP) is 0.560. The van der Waals surface area contributed by atoms with Crippen molar-refractivity contribution in [1.82, 2.24) is 20.5 Å². The maximum atomic E-state index is 4.70. The van der Waals surface area contributed by atoms with E-state index in [0.717, 1.165) is 31.0 Å². The zero-order valence-electron chi connectivity index (χ0n) is 9.53. The van der Waals surface area contributed by atoms with Crippen molar-refractivity contribution in [3.05, 3.63) is 11.4 Å². The third-order valence-electron chi connectivity index (χ3n) is 2.75. The van der Waals surface area contributed by atoms with Gasteiger partial charge in [-0.1, -0.05) is 10.3 Å². The minimum absolute atomic E-state index is 0.536. The van der Waals surface area contributed by atoms with E-state index < -0.39 is 0 Å². The zero-order valence-corrected chi connectivity index (χ0v) is 9.53. The molecule has 5 heteroatoms. The maximum absolute atomic E-state index is 4.70. The van der Waals surface area contributed by atoms with E-state index in [1.54, 1.807) is 0 Å². The molecule has 0 bridgehead atoms. The fourth-order valence-corrected chi connectivity index (χ4v) is 2.17. The molecule has 1 N–H and O–H groups in total. The van der Waals surface area contributed by atoms with Crippen LogP contribution in [0.2, 0.25) is 0 Å². The fourth-order valence-electron chi connectivity index (χ4n) is 2.17.